The van der Waals surface area contributed by atoms with Crippen molar-refractivity contribution in [2.24, 2.45) is 11.3 Å². The second-order valence-electron chi connectivity index (χ2n) is 17.9. The fraction of sp³-hybridized carbons (Fsp3) is 0.420. The molecule has 282 valence electrons. The predicted octanol–water partition coefficient (Wildman–Crippen LogP) is 7.45. The summed E-state index contributed by atoms with van der Waals surface area (Å²) >= 11 is 1.46. The van der Waals surface area contributed by atoms with Crippen LogP contribution in [0.2, 0.25) is 0 Å². The molecule has 53 heavy (non-hydrogen) atoms. The Balaban J connectivity index is 0.000000285. The minimum atomic E-state index is 0. The molecule has 1 atom stereocenters. The number of benzene rings is 4. The van der Waals surface area contributed by atoms with E-state index in [0.717, 1.165) is 6.42 Å². The van der Waals surface area contributed by atoms with Crippen LogP contribution in [0.25, 0.3) is 11.1 Å². The summed E-state index contributed by atoms with van der Waals surface area (Å²) in [5.41, 5.74) is 18.7. The summed E-state index contributed by atoms with van der Waals surface area (Å²) in [6.07, 6.45) is 11.5. The number of hydrogen-bond acceptors (Lipinski definition) is 0. The van der Waals surface area contributed by atoms with Crippen LogP contribution in [0.1, 0.15) is 138 Å². The number of allylic oxidation sites excluding steroid dienone is 4. The summed E-state index contributed by atoms with van der Waals surface area (Å²) in [5.74, 6) is 0.587. The normalized spacial score (nSPS) is 14.3. The average molecular weight is 825 g/mol. The summed E-state index contributed by atoms with van der Waals surface area (Å²) in [6.45, 7) is 31.5. The van der Waals surface area contributed by atoms with Crippen LogP contribution in [0.4, 0.5) is 0 Å². The summed E-state index contributed by atoms with van der Waals surface area (Å²) in [7, 11) is 0. The molecule has 0 nitrogen and oxygen atoms in total. The van der Waals surface area contributed by atoms with E-state index in [0.29, 0.717) is 11.3 Å². The molecule has 0 spiro atoms. The Kier molecular flexibility index (Phi) is 16.8. The van der Waals surface area contributed by atoms with Crippen molar-refractivity contribution in [3.63, 3.8) is 0 Å². The molecule has 0 saturated heterocycles. The Morgan fingerprint density at radius 3 is 1.60 bits per heavy atom. The Morgan fingerprint density at radius 2 is 1.17 bits per heavy atom. The van der Waals surface area contributed by atoms with Crippen LogP contribution in [-0.4, -0.2) is 3.21 Å². The molecule has 0 saturated carbocycles. The van der Waals surface area contributed by atoms with Crippen molar-refractivity contribution in [1.29, 1.82) is 0 Å². The van der Waals surface area contributed by atoms with E-state index in [2.05, 4.69) is 188 Å². The third-order valence-electron chi connectivity index (χ3n) is 10.1. The van der Waals surface area contributed by atoms with Gasteiger partial charge in [-0.15, -0.1) is 16.7 Å². The molecule has 0 N–H and O–H groups in total. The largest absolute Gasteiger partial charge is 1.00 e. The molecule has 2 aliphatic carbocycles. The quantitative estimate of drug-likeness (QED) is 0.166. The number of halogens is 2. The topological polar surface area (TPSA) is 0 Å². The van der Waals surface area contributed by atoms with Gasteiger partial charge in [-0.25, -0.2) is 6.08 Å². The molecular weight excluding hydrogens is 763 g/mol. The van der Waals surface area contributed by atoms with Gasteiger partial charge in [0.15, 0.2) is 0 Å². The first-order chi connectivity index (χ1) is 23.7. The fourth-order valence-corrected chi connectivity index (χ4v) is 7.90. The first-order valence-corrected chi connectivity index (χ1v) is 20.2. The Morgan fingerprint density at radius 1 is 0.679 bits per heavy atom. The van der Waals surface area contributed by atoms with Gasteiger partial charge in [0.25, 0.3) is 0 Å². The van der Waals surface area contributed by atoms with E-state index in [1.807, 2.05) is 0 Å². The Labute approximate surface area is 351 Å². The van der Waals surface area contributed by atoms with Crippen LogP contribution in [0, 0.1) is 51.2 Å². The summed E-state index contributed by atoms with van der Waals surface area (Å²) < 4.78 is 1.42. The smallest absolute Gasteiger partial charge is 1.00 e. The SMILES string of the molecule is CCCC1[C-]=CC(C(C)(C)C)=C1.Cc1[c-]c2c(cc1C(C)(C)C)-c1cc(C(C)(C)C)c(C)cc1C2.Cc1ccc([C](=[Zr+2])c2ccc(C)cc2)cc1.[Cl-].[Cl-]. The molecule has 0 amide bonds. The minimum Gasteiger partial charge on any atom is -1.00 e. The molecule has 4 aromatic carbocycles. The fourth-order valence-electron chi connectivity index (χ4n) is 7.08. The van der Waals surface area contributed by atoms with Crippen molar-refractivity contribution >= 4 is 3.21 Å². The maximum atomic E-state index is 3.69. The van der Waals surface area contributed by atoms with Gasteiger partial charge in [-0.05, 0) is 35.4 Å². The molecule has 0 heterocycles. The monoisotopic (exact) mass is 822 g/mol. The van der Waals surface area contributed by atoms with Gasteiger partial charge in [-0.2, -0.15) is 29.3 Å². The van der Waals surface area contributed by atoms with Crippen LogP contribution < -0.4 is 24.8 Å². The van der Waals surface area contributed by atoms with Crippen LogP contribution in [-0.2, 0) is 41.5 Å². The molecule has 2 aliphatic rings. The third-order valence-corrected chi connectivity index (χ3v) is 11.5. The molecular formula is C50H62Cl2Zr-2. The van der Waals surface area contributed by atoms with Gasteiger partial charge in [0, 0.05) is 0 Å². The molecule has 6 rings (SSSR count). The first-order valence-electron chi connectivity index (χ1n) is 18.9. The average Bonchev–Trinajstić information content (AvgIpc) is 3.64. The Hall–Kier alpha value is -2.31. The van der Waals surface area contributed by atoms with Crippen molar-refractivity contribution in [3.8, 4) is 11.1 Å². The number of aryl methyl sites for hydroxylation is 4. The standard InChI is InChI=1S/C23H29.C15H14.C12H19.2ClH.Zr/c1-14-9-16-11-17-10-15(2)21(23(6,7)8)13-19(17)18(16)12-20(14)22(3,4)5;1-12-3-7-14(8-4-12)11-15-9-5-13(2)6-10-15;1-5-6-10-7-8-11(9-10)12(2,3)4;;;/h9,12-13H,11H2,1-8H3;3-10H,1-2H3;8-10H,5-6H2,1-4H3;2*1H;/q-1;;-1;;;+2/p-2. The number of fused-ring (bicyclic) bond motifs is 3. The maximum absolute atomic E-state index is 3.69. The van der Waals surface area contributed by atoms with Gasteiger partial charge in [0.1, 0.15) is 0 Å². The van der Waals surface area contributed by atoms with Crippen LogP contribution >= 0.6 is 0 Å². The van der Waals surface area contributed by atoms with E-state index >= 15 is 0 Å². The molecule has 0 fully saturated rings. The predicted molar refractivity (Wildman–Crippen MR) is 220 cm³/mol. The maximum Gasteiger partial charge on any atom is -1.00 e. The van der Waals surface area contributed by atoms with Gasteiger partial charge in [0.2, 0.25) is 0 Å². The number of rotatable bonds is 4. The van der Waals surface area contributed by atoms with E-state index in [9.17, 15) is 0 Å². The minimum absolute atomic E-state index is 0. The van der Waals surface area contributed by atoms with Gasteiger partial charge in [-0.3, -0.25) is 6.08 Å². The van der Waals surface area contributed by atoms with E-state index in [1.54, 1.807) is 0 Å². The summed E-state index contributed by atoms with van der Waals surface area (Å²) in [5, 5.41) is 0. The zero-order valence-electron chi connectivity index (χ0n) is 35.0. The molecule has 0 aliphatic heterocycles. The zero-order valence-corrected chi connectivity index (χ0v) is 38.9. The van der Waals surface area contributed by atoms with Crippen molar-refractivity contribution in [2.45, 2.75) is 127 Å². The molecule has 0 radical (unpaired) electrons. The van der Waals surface area contributed by atoms with Crippen LogP contribution in [0.15, 0.2) is 84.5 Å². The molecule has 0 aromatic heterocycles. The first kappa shape index (κ1) is 46.8. The summed E-state index contributed by atoms with van der Waals surface area (Å²) in [4.78, 5) is 0. The molecule has 0 bridgehead atoms. The Bertz CT molecular complexity index is 1790. The summed E-state index contributed by atoms with van der Waals surface area (Å²) in [6, 6.07) is 28.5. The van der Waals surface area contributed by atoms with E-state index < -0.39 is 0 Å². The van der Waals surface area contributed by atoms with Crippen molar-refractivity contribution in [3.05, 3.63) is 152 Å². The van der Waals surface area contributed by atoms with E-state index in [1.165, 1.54) is 113 Å². The van der Waals surface area contributed by atoms with Crippen LogP contribution in [0.3, 0.4) is 0 Å². The van der Waals surface area contributed by atoms with Gasteiger partial charge >= 0.3 is 112 Å². The molecule has 4 aromatic rings. The van der Waals surface area contributed by atoms with Crippen molar-refractivity contribution < 1.29 is 49.0 Å². The molecule has 1 unspecified atom stereocenters. The van der Waals surface area contributed by atoms with Gasteiger partial charge in [-0.1, -0.05) is 123 Å². The van der Waals surface area contributed by atoms with Gasteiger partial charge in [0.05, 0.1) is 0 Å². The van der Waals surface area contributed by atoms with E-state index in [4.69, 9.17) is 0 Å². The van der Waals surface area contributed by atoms with E-state index in [-0.39, 0.29) is 35.6 Å². The van der Waals surface area contributed by atoms with Crippen molar-refractivity contribution in [1.82, 2.24) is 0 Å². The third kappa shape index (κ3) is 12.3. The second kappa shape index (κ2) is 19.0. The zero-order chi connectivity index (χ0) is 37.9. The van der Waals surface area contributed by atoms with Crippen molar-refractivity contribution in [2.75, 3.05) is 0 Å². The second-order valence-corrected chi connectivity index (χ2v) is 19.1. The van der Waals surface area contributed by atoms with Crippen LogP contribution in [0.5, 0.6) is 0 Å². The molecule has 3 heteroatoms. The van der Waals surface area contributed by atoms with Gasteiger partial charge < -0.3 is 24.8 Å². The number of hydrogen-bond donors (Lipinski definition) is 0.